The van der Waals surface area contributed by atoms with E-state index < -0.39 is 6.09 Å². The highest BCUT2D eigenvalue weighted by molar-refractivity contribution is 5.90. The summed E-state index contributed by atoms with van der Waals surface area (Å²) in [6.07, 6.45) is 2.23. The summed E-state index contributed by atoms with van der Waals surface area (Å²) < 4.78 is 5.27. The van der Waals surface area contributed by atoms with Gasteiger partial charge >= 0.3 is 12.1 Å². The van der Waals surface area contributed by atoms with Crippen molar-refractivity contribution in [1.82, 2.24) is 14.7 Å². The molecule has 1 unspecified atom stereocenters. The molecule has 190 valence electrons. The number of piperidine rings is 1. The van der Waals surface area contributed by atoms with Gasteiger partial charge in [-0.15, -0.1) is 0 Å². The van der Waals surface area contributed by atoms with Crippen molar-refractivity contribution in [1.29, 1.82) is 0 Å². The van der Waals surface area contributed by atoms with Gasteiger partial charge in [0.05, 0.1) is 6.04 Å². The Morgan fingerprint density at radius 2 is 1.69 bits per heavy atom. The van der Waals surface area contributed by atoms with E-state index in [1.807, 2.05) is 66.1 Å². The molecule has 3 saturated heterocycles. The number of carbonyl (C=O) groups is 3. The van der Waals surface area contributed by atoms with Crippen molar-refractivity contribution in [3.63, 3.8) is 0 Å². The van der Waals surface area contributed by atoms with Crippen molar-refractivity contribution >= 4 is 23.7 Å². The number of benzene rings is 2. The van der Waals surface area contributed by atoms with E-state index in [9.17, 15) is 14.4 Å². The average molecular weight is 491 g/mol. The van der Waals surface area contributed by atoms with Gasteiger partial charge in [-0.1, -0.05) is 48.0 Å². The third kappa shape index (κ3) is 4.90. The molecule has 1 spiro atoms. The van der Waals surface area contributed by atoms with Crippen LogP contribution in [0.5, 0.6) is 0 Å². The number of aryl methyl sites for hydroxylation is 2. The molecule has 1 atom stereocenters. The topological polar surface area (TPSA) is 82.2 Å². The largest absolute Gasteiger partial charge is 0.447 e. The summed E-state index contributed by atoms with van der Waals surface area (Å²) in [4.78, 5) is 43.7. The molecule has 0 saturated carbocycles. The molecule has 2 aromatic carbocycles. The van der Waals surface area contributed by atoms with Crippen LogP contribution in [0.25, 0.3) is 0 Å². The predicted octanol–water partition coefficient (Wildman–Crippen LogP) is 4.34. The maximum absolute atomic E-state index is 13.2. The number of carbonyl (C=O) groups excluding carboxylic acids is 3. The summed E-state index contributed by atoms with van der Waals surface area (Å²) in [5, 5.41) is 3.05. The average Bonchev–Trinajstić information content (AvgIpc) is 3.45. The number of likely N-dealkylation sites (tertiary alicyclic amines) is 2. The minimum Gasteiger partial charge on any atom is -0.447 e. The standard InChI is InChI=1S/C28H34N4O4/c1-20-8-9-23(21(2)16-20)29-26(34)30-13-10-28(11-14-30)12-15-31(19-28)25(33)17-32-24(18-36-27(32)35)22-6-4-3-5-7-22/h3-9,16,24H,10-15,17-19H2,1-2H3,(H,29,34). The molecule has 36 heavy (non-hydrogen) atoms. The molecular formula is C28H34N4O4. The Balaban J connectivity index is 1.15. The van der Waals surface area contributed by atoms with Crippen molar-refractivity contribution < 1.29 is 19.1 Å². The SMILES string of the molecule is Cc1ccc(NC(=O)N2CCC3(CCN(C(=O)CN4C(=O)OCC4c4ccccc4)C3)CC2)c(C)c1. The molecule has 8 nitrogen and oxygen atoms in total. The third-order valence-corrected chi connectivity index (χ3v) is 7.99. The lowest BCUT2D eigenvalue weighted by molar-refractivity contribution is -0.131. The number of anilines is 1. The minimum absolute atomic E-state index is 0.0267. The molecule has 8 heteroatoms. The van der Waals surface area contributed by atoms with Crippen LogP contribution < -0.4 is 5.32 Å². The van der Waals surface area contributed by atoms with Crippen molar-refractivity contribution in [3.8, 4) is 0 Å². The molecule has 0 bridgehead atoms. The van der Waals surface area contributed by atoms with E-state index in [2.05, 4.69) is 11.4 Å². The van der Waals surface area contributed by atoms with Gasteiger partial charge in [0.15, 0.2) is 0 Å². The Bertz CT molecular complexity index is 1140. The number of hydrogen-bond acceptors (Lipinski definition) is 4. The third-order valence-electron chi connectivity index (χ3n) is 7.99. The van der Waals surface area contributed by atoms with Gasteiger partial charge in [-0.25, -0.2) is 9.59 Å². The normalized spacial score (nSPS) is 21.1. The molecule has 1 N–H and O–H groups in total. The quantitative estimate of drug-likeness (QED) is 0.691. The van der Waals surface area contributed by atoms with E-state index in [1.54, 1.807) is 4.90 Å². The molecule has 3 fully saturated rings. The summed E-state index contributed by atoms with van der Waals surface area (Å²) in [5.41, 5.74) is 4.08. The molecule has 3 aliphatic heterocycles. The number of amides is 4. The van der Waals surface area contributed by atoms with E-state index in [0.717, 1.165) is 36.1 Å². The number of cyclic esters (lactones) is 1. The summed E-state index contributed by atoms with van der Waals surface area (Å²) in [6, 6.07) is 15.4. The Labute approximate surface area is 212 Å². The number of rotatable bonds is 4. The first-order valence-corrected chi connectivity index (χ1v) is 12.7. The highest BCUT2D eigenvalue weighted by Crippen LogP contribution is 2.41. The second-order valence-corrected chi connectivity index (χ2v) is 10.4. The molecule has 0 aromatic heterocycles. The Kier molecular flexibility index (Phi) is 6.60. The zero-order valence-electron chi connectivity index (χ0n) is 21.0. The van der Waals surface area contributed by atoms with Crippen LogP contribution in [-0.2, 0) is 9.53 Å². The summed E-state index contributed by atoms with van der Waals surface area (Å²) in [7, 11) is 0. The summed E-state index contributed by atoms with van der Waals surface area (Å²) in [6.45, 7) is 7.04. The highest BCUT2D eigenvalue weighted by atomic mass is 16.6. The number of hydrogen-bond donors (Lipinski definition) is 1. The van der Waals surface area contributed by atoms with E-state index in [0.29, 0.717) is 26.2 Å². The van der Waals surface area contributed by atoms with Gasteiger partial charge in [-0.2, -0.15) is 0 Å². The van der Waals surface area contributed by atoms with Crippen LogP contribution in [0.15, 0.2) is 48.5 Å². The summed E-state index contributed by atoms with van der Waals surface area (Å²) in [5.74, 6) is -0.0401. The van der Waals surface area contributed by atoms with Gasteiger partial charge in [-0.05, 0) is 55.7 Å². The Hall–Kier alpha value is -3.55. The van der Waals surface area contributed by atoms with Gasteiger partial charge in [-0.3, -0.25) is 9.69 Å². The second-order valence-electron chi connectivity index (χ2n) is 10.4. The van der Waals surface area contributed by atoms with E-state index >= 15 is 0 Å². The van der Waals surface area contributed by atoms with Crippen molar-refractivity contribution in [2.75, 3.05) is 44.6 Å². The fraction of sp³-hybridized carbons (Fsp3) is 0.464. The minimum atomic E-state index is -0.436. The monoisotopic (exact) mass is 490 g/mol. The predicted molar refractivity (Wildman–Crippen MR) is 137 cm³/mol. The van der Waals surface area contributed by atoms with Gasteiger partial charge in [0.25, 0.3) is 0 Å². The van der Waals surface area contributed by atoms with E-state index in [1.165, 1.54) is 5.56 Å². The van der Waals surface area contributed by atoms with Crippen LogP contribution in [-0.4, -0.2) is 72.1 Å². The highest BCUT2D eigenvalue weighted by Gasteiger charge is 2.44. The van der Waals surface area contributed by atoms with Crippen LogP contribution in [0, 0.1) is 19.3 Å². The lowest BCUT2D eigenvalue weighted by Crippen LogP contribution is -2.47. The first-order valence-electron chi connectivity index (χ1n) is 12.7. The molecule has 0 aliphatic carbocycles. The number of urea groups is 1. The maximum Gasteiger partial charge on any atom is 0.410 e. The van der Waals surface area contributed by atoms with Gasteiger partial charge in [0.2, 0.25) is 5.91 Å². The smallest absolute Gasteiger partial charge is 0.410 e. The summed E-state index contributed by atoms with van der Waals surface area (Å²) >= 11 is 0. The number of nitrogens with one attached hydrogen (secondary N) is 1. The van der Waals surface area contributed by atoms with Crippen molar-refractivity contribution in [2.45, 2.75) is 39.2 Å². The van der Waals surface area contributed by atoms with Crippen LogP contribution in [0.4, 0.5) is 15.3 Å². The van der Waals surface area contributed by atoms with E-state index in [4.69, 9.17) is 4.74 Å². The van der Waals surface area contributed by atoms with E-state index in [-0.39, 0.29) is 36.5 Å². The molecule has 3 heterocycles. The van der Waals surface area contributed by atoms with Gasteiger partial charge in [0, 0.05) is 31.9 Å². The fourth-order valence-corrected chi connectivity index (χ4v) is 5.71. The van der Waals surface area contributed by atoms with Gasteiger partial charge in [0.1, 0.15) is 13.2 Å². The van der Waals surface area contributed by atoms with Crippen molar-refractivity contribution in [3.05, 3.63) is 65.2 Å². The molecule has 2 aromatic rings. The van der Waals surface area contributed by atoms with Crippen LogP contribution in [0.3, 0.4) is 0 Å². The zero-order valence-corrected chi connectivity index (χ0v) is 21.0. The molecular weight excluding hydrogens is 456 g/mol. The lowest BCUT2D eigenvalue weighted by Gasteiger charge is -2.39. The van der Waals surface area contributed by atoms with Crippen LogP contribution in [0.1, 0.15) is 42.0 Å². The lowest BCUT2D eigenvalue weighted by atomic mass is 9.78. The fourth-order valence-electron chi connectivity index (χ4n) is 5.71. The molecule has 0 radical (unpaired) electrons. The Morgan fingerprint density at radius 3 is 2.39 bits per heavy atom. The maximum atomic E-state index is 13.2. The number of ether oxygens (including phenoxy) is 1. The first kappa shape index (κ1) is 24.2. The zero-order chi connectivity index (χ0) is 25.3. The molecule has 5 rings (SSSR count). The number of nitrogens with zero attached hydrogens (tertiary/aromatic N) is 3. The Morgan fingerprint density at radius 1 is 1.00 bits per heavy atom. The molecule has 4 amide bonds. The van der Waals surface area contributed by atoms with Crippen molar-refractivity contribution in [2.24, 2.45) is 5.41 Å². The van der Waals surface area contributed by atoms with Crippen LogP contribution >= 0.6 is 0 Å². The molecule has 3 aliphatic rings. The first-order chi connectivity index (χ1) is 17.3. The second kappa shape index (κ2) is 9.84. The van der Waals surface area contributed by atoms with Crippen LogP contribution in [0.2, 0.25) is 0 Å². The van der Waals surface area contributed by atoms with Gasteiger partial charge < -0.3 is 19.9 Å².